The van der Waals surface area contributed by atoms with Crippen LogP contribution in [0.25, 0.3) is 41.3 Å². The molecule has 0 aliphatic carbocycles. The number of ether oxygens (including phenoxy) is 2. The molecule has 6 heterocycles. The Balaban J connectivity index is 1.04. The number of nitrogens with zero attached hydrogens (tertiary/aromatic N) is 2. The van der Waals surface area contributed by atoms with Crippen LogP contribution in [-0.2, 0) is 15.9 Å². The van der Waals surface area contributed by atoms with E-state index in [0.717, 1.165) is 12.8 Å². The van der Waals surface area contributed by atoms with E-state index in [1.54, 1.807) is 0 Å². The quantitative estimate of drug-likeness (QED) is 0.193. The Hall–Kier alpha value is -3.42. The van der Waals surface area contributed by atoms with Gasteiger partial charge in [-0.3, -0.25) is 0 Å². The second-order valence-electron chi connectivity index (χ2n) is 10.9. The molecule has 2 aliphatic heterocycles. The van der Waals surface area contributed by atoms with Gasteiger partial charge in [-0.25, -0.2) is 0 Å². The van der Waals surface area contributed by atoms with Crippen molar-refractivity contribution in [2.24, 2.45) is 0 Å². The SMILES string of the molecule is CC(CC(C)OC1c2c(sc3ccccc23)-c2cccc[n+]21)OC1Cc2c(sc3ccccc23)-c2cccc[n+]21. The molecule has 4 atom stereocenters. The molecule has 0 N–H and O–H groups in total. The fourth-order valence-electron chi connectivity index (χ4n) is 6.49. The summed E-state index contributed by atoms with van der Waals surface area (Å²) >= 11 is 3.74. The average Bonchev–Trinajstić information content (AvgIpc) is 3.63. The molecule has 0 bridgehead atoms. The molecule has 6 aromatic rings. The maximum absolute atomic E-state index is 6.85. The molecule has 0 radical (unpaired) electrons. The van der Waals surface area contributed by atoms with Gasteiger partial charge in [-0.1, -0.05) is 36.4 Å². The highest BCUT2D eigenvalue weighted by atomic mass is 32.1. The molecule has 4 aromatic heterocycles. The Kier molecular flexibility index (Phi) is 5.85. The maximum atomic E-state index is 6.85. The van der Waals surface area contributed by atoms with Crippen molar-refractivity contribution < 1.29 is 18.6 Å². The smallest absolute Gasteiger partial charge is 0.292 e. The first-order valence-corrected chi connectivity index (χ1v) is 15.6. The summed E-state index contributed by atoms with van der Waals surface area (Å²) in [4.78, 5) is 2.68. The van der Waals surface area contributed by atoms with Crippen LogP contribution in [0.5, 0.6) is 0 Å². The first-order chi connectivity index (χ1) is 19.7. The first kappa shape index (κ1) is 24.4. The summed E-state index contributed by atoms with van der Waals surface area (Å²) in [6, 6.07) is 30.3. The van der Waals surface area contributed by atoms with E-state index in [0.29, 0.717) is 0 Å². The summed E-state index contributed by atoms with van der Waals surface area (Å²) in [6.45, 7) is 4.37. The van der Waals surface area contributed by atoms with Gasteiger partial charge in [0, 0.05) is 39.1 Å². The lowest BCUT2D eigenvalue weighted by Crippen LogP contribution is -2.47. The predicted molar refractivity (Wildman–Crippen MR) is 162 cm³/mol. The van der Waals surface area contributed by atoms with Crippen molar-refractivity contribution in [2.45, 2.75) is 51.4 Å². The highest BCUT2D eigenvalue weighted by Crippen LogP contribution is 2.46. The number of hydrogen-bond acceptors (Lipinski definition) is 4. The van der Waals surface area contributed by atoms with E-state index < -0.39 is 0 Å². The van der Waals surface area contributed by atoms with Crippen molar-refractivity contribution >= 4 is 42.8 Å². The summed E-state index contributed by atoms with van der Waals surface area (Å²) in [6.07, 6.45) is 5.87. The van der Waals surface area contributed by atoms with Gasteiger partial charge in [-0.2, -0.15) is 9.13 Å². The van der Waals surface area contributed by atoms with Crippen LogP contribution in [0.15, 0.2) is 97.3 Å². The Labute approximate surface area is 241 Å². The summed E-state index contributed by atoms with van der Waals surface area (Å²) in [5.41, 5.74) is 5.17. The molecule has 40 heavy (non-hydrogen) atoms. The van der Waals surface area contributed by atoms with Gasteiger partial charge < -0.3 is 9.47 Å². The van der Waals surface area contributed by atoms with Crippen LogP contribution in [0.3, 0.4) is 0 Å². The maximum Gasteiger partial charge on any atom is 0.292 e. The largest absolute Gasteiger partial charge is 0.317 e. The van der Waals surface area contributed by atoms with Crippen molar-refractivity contribution in [3.8, 4) is 21.1 Å². The third-order valence-corrected chi connectivity index (χ3v) is 10.6. The molecular weight excluding hydrogens is 533 g/mol. The number of aromatic nitrogens is 2. The fourth-order valence-corrected chi connectivity index (χ4v) is 9.00. The Bertz CT molecular complexity index is 1890. The standard InChI is InChI=1S/C34H30N2O2S2/c1-21(37-30-20-25-23-11-3-5-15-28(23)39-32(25)26-13-7-9-17-35(26)30)19-22(2)38-34-31-24-12-4-6-16-29(24)40-33(31)27-14-8-10-18-36(27)34/h3-18,21-22,30,34H,19-20H2,1-2H3/q+2. The van der Waals surface area contributed by atoms with E-state index >= 15 is 0 Å². The zero-order chi connectivity index (χ0) is 26.8. The Morgan fingerprint density at radius 1 is 0.700 bits per heavy atom. The zero-order valence-electron chi connectivity index (χ0n) is 22.5. The normalized spacial score (nSPS) is 18.8. The molecule has 198 valence electrons. The lowest BCUT2D eigenvalue weighted by atomic mass is 10.0. The summed E-state index contributed by atoms with van der Waals surface area (Å²) in [7, 11) is 0. The number of fused-ring (bicyclic) bond motifs is 10. The van der Waals surface area contributed by atoms with Crippen molar-refractivity contribution in [3.63, 3.8) is 0 Å². The van der Waals surface area contributed by atoms with Gasteiger partial charge in [0.05, 0.1) is 24.2 Å². The summed E-state index contributed by atoms with van der Waals surface area (Å²) in [5.74, 6) is 0. The van der Waals surface area contributed by atoms with E-state index in [2.05, 4.69) is 120 Å². The third-order valence-electron chi connectivity index (χ3n) is 8.18. The van der Waals surface area contributed by atoms with Gasteiger partial charge in [-0.05, 0) is 55.5 Å². The molecule has 8 rings (SSSR count). The van der Waals surface area contributed by atoms with Crippen LogP contribution in [0.1, 0.15) is 43.9 Å². The highest BCUT2D eigenvalue weighted by molar-refractivity contribution is 7.22. The molecule has 6 heteroatoms. The summed E-state index contributed by atoms with van der Waals surface area (Å²) < 4.78 is 20.9. The lowest BCUT2D eigenvalue weighted by molar-refractivity contribution is -0.757. The zero-order valence-corrected chi connectivity index (χ0v) is 24.1. The number of benzene rings is 2. The highest BCUT2D eigenvalue weighted by Gasteiger charge is 2.42. The number of hydrogen-bond donors (Lipinski definition) is 0. The van der Waals surface area contributed by atoms with Crippen molar-refractivity contribution in [2.75, 3.05) is 0 Å². The van der Waals surface area contributed by atoms with Crippen LogP contribution in [-0.4, -0.2) is 12.2 Å². The van der Waals surface area contributed by atoms with Crippen LogP contribution >= 0.6 is 22.7 Å². The number of rotatable bonds is 6. The van der Waals surface area contributed by atoms with Crippen LogP contribution < -0.4 is 9.13 Å². The second kappa shape index (κ2) is 9.60. The minimum absolute atomic E-state index is 0.0199. The Morgan fingerprint density at radius 3 is 2.10 bits per heavy atom. The molecule has 0 spiro atoms. The fraction of sp³-hybridized carbons (Fsp3) is 0.235. The lowest BCUT2D eigenvalue weighted by Gasteiger charge is -2.25. The van der Waals surface area contributed by atoms with Gasteiger partial charge in [0.25, 0.3) is 12.5 Å². The molecule has 4 nitrogen and oxygen atoms in total. The van der Waals surface area contributed by atoms with Gasteiger partial charge in [0.2, 0.25) is 11.4 Å². The van der Waals surface area contributed by atoms with Crippen LogP contribution in [0, 0.1) is 0 Å². The number of thiophene rings is 2. The molecule has 0 fully saturated rings. The molecule has 2 aromatic carbocycles. The van der Waals surface area contributed by atoms with E-state index in [1.807, 2.05) is 22.7 Å². The van der Waals surface area contributed by atoms with Crippen LogP contribution in [0.4, 0.5) is 0 Å². The average molecular weight is 563 g/mol. The van der Waals surface area contributed by atoms with Crippen molar-refractivity contribution in [1.82, 2.24) is 0 Å². The Morgan fingerprint density at radius 2 is 1.30 bits per heavy atom. The van der Waals surface area contributed by atoms with E-state index in [9.17, 15) is 0 Å². The minimum atomic E-state index is -0.130. The second-order valence-corrected chi connectivity index (χ2v) is 13.0. The monoisotopic (exact) mass is 562 g/mol. The topological polar surface area (TPSA) is 26.2 Å². The molecule has 0 amide bonds. The van der Waals surface area contributed by atoms with E-state index in [-0.39, 0.29) is 24.7 Å². The minimum Gasteiger partial charge on any atom is -0.317 e. The molecule has 0 saturated heterocycles. The van der Waals surface area contributed by atoms with Gasteiger partial charge in [-0.15, -0.1) is 22.7 Å². The van der Waals surface area contributed by atoms with Crippen LogP contribution in [0.2, 0.25) is 0 Å². The van der Waals surface area contributed by atoms with Gasteiger partial charge in [0.15, 0.2) is 12.4 Å². The first-order valence-electron chi connectivity index (χ1n) is 14.0. The molecule has 0 saturated carbocycles. The van der Waals surface area contributed by atoms with E-state index in [4.69, 9.17) is 9.47 Å². The molecule has 2 aliphatic rings. The molecule has 4 unspecified atom stereocenters. The van der Waals surface area contributed by atoms with Crippen molar-refractivity contribution in [1.29, 1.82) is 0 Å². The summed E-state index contributed by atoms with van der Waals surface area (Å²) in [5, 5.41) is 2.65. The van der Waals surface area contributed by atoms with E-state index in [1.165, 1.54) is 52.4 Å². The van der Waals surface area contributed by atoms with Gasteiger partial charge in [0.1, 0.15) is 9.75 Å². The van der Waals surface area contributed by atoms with Crippen molar-refractivity contribution in [3.05, 3.63) is 108 Å². The van der Waals surface area contributed by atoms with Gasteiger partial charge >= 0.3 is 0 Å². The number of pyridine rings is 2. The molecular formula is C34H30N2O2S2+2. The third kappa shape index (κ3) is 3.85. The predicted octanol–water partition coefficient (Wildman–Crippen LogP) is 7.84.